The molecule has 4 N–H and O–H groups in total. The summed E-state index contributed by atoms with van der Waals surface area (Å²) in [5, 5.41) is 10.8. The van der Waals surface area contributed by atoms with Gasteiger partial charge in [-0.15, -0.1) is 0 Å². The molecule has 1 amide bonds. The van der Waals surface area contributed by atoms with E-state index in [2.05, 4.69) is 42.8 Å². The molecule has 3 heterocycles. The maximum absolute atomic E-state index is 12.5. The number of nitrogens with zero attached hydrogens (tertiary/aromatic N) is 5. The lowest BCUT2D eigenvalue weighted by Gasteiger charge is -2.13. The Morgan fingerprint density at radius 2 is 2.03 bits per heavy atom. The monoisotopic (exact) mass is 472 g/mol. The number of hydrogen-bond acceptors (Lipinski definition) is 7. The van der Waals surface area contributed by atoms with Crippen LogP contribution in [-0.4, -0.2) is 37.4 Å². The van der Waals surface area contributed by atoms with Gasteiger partial charge in [-0.1, -0.05) is 12.1 Å². The number of rotatable bonds is 7. The van der Waals surface area contributed by atoms with Crippen molar-refractivity contribution in [2.24, 2.45) is 10.7 Å². The molecule has 9 nitrogen and oxygen atoms in total. The summed E-state index contributed by atoms with van der Waals surface area (Å²) in [5.41, 5.74) is 10.7. The molecule has 0 saturated heterocycles. The fourth-order valence-electron chi connectivity index (χ4n) is 3.81. The van der Waals surface area contributed by atoms with Gasteiger partial charge in [0, 0.05) is 48.9 Å². The van der Waals surface area contributed by atoms with Crippen LogP contribution in [0.4, 0.5) is 11.6 Å². The van der Waals surface area contributed by atoms with Gasteiger partial charge in [-0.3, -0.25) is 14.5 Å². The lowest BCUT2D eigenvalue weighted by molar-refractivity contribution is -0.117. The summed E-state index contributed by atoms with van der Waals surface area (Å²) >= 11 is 0. The molecule has 0 unspecified atom stereocenters. The van der Waals surface area contributed by atoms with Gasteiger partial charge in [0.1, 0.15) is 12.1 Å². The third kappa shape index (κ3) is 6.11. The molecule has 0 saturated carbocycles. The first-order valence-corrected chi connectivity index (χ1v) is 11.7. The number of nitrogens with one attached hydrogen (secondary N) is 2. The number of carbonyl (C=O) groups is 1. The Morgan fingerprint density at radius 1 is 1.20 bits per heavy atom. The number of amides is 1. The molecule has 35 heavy (non-hydrogen) atoms. The molecule has 0 bridgehead atoms. The average molecular weight is 473 g/mol. The van der Waals surface area contributed by atoms with Gasteiger partial charge in [-0.25, -0.2) is 9.97 Å². The van der Waals surface area contributed by atoms with E-state index in [1.807, 2.05) is 50.6 Å². The SMILES string of the molecule is Cc1cc(-c2cc(Nc3cc4n(n3)CCC4)ncn2)ccc1CNC(=O)/C(C=NC(C)(C)C)=C/N. The lowest BCUT2D eigenvalue weighted by atomic mass is 10.0. The fourth-order valence-corrected chi connectivity index (χ4v) is 3.81. The molecule has 1 aromatic carbocycles. The average Bonchev–Trinajstić information content (AvgIpc) is 3.40. The largest absolute Gasteiger partial charge is 0.404 e. The van der Waals surface area contributed by atoms with Crippen molar-refractivity contribution < 1.29 is 4.79 Å². The number of anilines is 2. The van der Waals surface area contributed by atoms with Crippen LogP contribution >= 0.6 is 0 Å². The second-order valence-electron chi connectivity index (χ2n) is 9.64. The molecule has 0 atom stereocenters. The Hall–Kier alpha value is -4.01. The summed E-state index contributed by atoms with van der Waals surface area (Å²) in [7, 11) is 0. The number of nitrogens with two attached hydrogens (primary N) is 1. The van der Waals surface area contributed by atoms with Crippen molar-refractivity contribution in [3.05, 3.63) is 65.3 Å². The summed E-state index contributed by atoms with van der Waals surface area (Å²) in [6.45, 7) is 9.24. The van der Waals surface area contributed by atoms with E-state index in [0.29, 0.717) is 17.9 Å². The third-order valence-corrected chi connectivity index (χ3v) is 5.70. The maximum Gasteiger partial charge on any atom is 0.254 e. The minimum absolute atomic E-state index is 0.263. The predicted molar refractivity (Wildman–Crippen MR) is 138 cm³/mol. The number of hydrogen-bond donors (Lipinski definition) is 3. The molecular formula is C26H32N8O. The molecule has 182 valence electrons. The van der Waals surface area contributed by atoms with Crippen LogP contribution in [0, 0.1) is 6.92 Å². The smallest absolute Gasteiger partial charge is 0.254 e. The van der Waals surface area contributed by atoms with Crippen LogP contribution in [-0.2, 0) is 24.3 Å². The number of carbonyl (C=O) groups excluding carboxylic acids is 1. The van der Waals surface area contributed by atoms with Crippen molar-refractivity contribution in [1.29, 1.82) is 0 Å². The van der Waals surface area contributed by atoms with E-state index in [1.54, 1.807) is 6.33 Å². The lowest BCUT2D eigenvalue weighted by Crippen LogP contribution is -2.26. The second-order valence-corrected chi connectivity index (χ2v) is 9.64. The molecule has 2 aromatic heterocycles. The Balaban J connectivity index is 1.42. The highest BCUT2D eigenvalue weighted by Gasteiger charge is 2.14. The molecule has 0 fully saturated rings. The first-order valence-electron chi connectivity index (χ1n) is 11.7. The first-order chi connectivity index (χ1) is 16.7. The van der Waals surface area contributed by atoms with Crippen LogP contribution in [0.5, 0.6) is 0 Å². The van der Waals surface area contributed by atoms with Crippen molar-refractivity contribution in [2.75, 3.05) is 5.32 Å². The second kappa shape index (κ2) is 10.1. The Morgan fingerprint density at radius 3 is 2.74 bits per heavy atom. The quantitative estimate of drug-likeness (QED) is 0.356. The Kier molecular flexibility index (Phi) is 6.95. The zero-order valence-electron chi connectivity index (χ0n) is 20.7. The molecule has 4 rings (SSSR count). The van der Waals surface area contributed by atoms with Crippen LogP contribution in [0.25, 0.3) is 11.3 Å². The minimum atomic E-state index is -0.282. The standard InChI is InChI=1S/C26H32N8O/c1-17-10-18(7-8-19(17)14-28-25(35)20(13-27)15-31-26(2,3)4)22-12-23(30-16-29-22)32-24-11-21-6-5-9-34(21)33-24/h7-8,10-13,15-16H,5-6,9,14,27H2,1-4H3,(H,28,35)(H,29,30,32,33)/b20-13+,31-15?. The van der Waals surface area contributed by atoms with E-state index in [-0.39, 0.29) is 11.4 Å². The number of benzene rings is 1. The normalized spacial score (nSPS) is 13.8. The van der Waals surface area contributed by atoms with E-state index in [1.165, 1.54) is 18.1 Å². The summed E-state index contributed by atoms with van der Waals surface area (Å²) in [4.78, 5) is 25.7. The van der Waals surface area contributed by atoms with E-state index < -0.39 is 0 Å². The molecule has 9 heteroatoms. The Labute approximate surface area is 205 Å². The zero-order valence-corrected chi connectivity index (χ0v) is 20.7. The Bertz CT molecular complexity index is 1260. The van der Waals surface area contributed by atoms with Crippen molar-refractivity contribution in [3.8, 4) is 11.3 Å². The zero-order chi connectivity index (χ0) is 25.0. The molecule has 0 radical (unpaired) electrons. The van der Waals surface area contributed by atoms with Crippen LogP contribution < -0.4 is 16.4 Å². The van der Waals surface area contributed by atoms with Crippen molar-refractivity contribution >= 4 is 23.8 Å². The van der Waals surface area contributed by atoms with Crippen LogP contribution in [0.2, 0.25) is 0 Å². The van der Waals surface area contributed by atoms with Crippen molar-refractivity contribution in [3.63, 3.8) is 0 Å². The van der Waals surface area contributed by atoms with Gasteiger partial charge in [0.25, 0.3) is 5.91 Å². The predicted octanol–water partition coefficient (Wildman–Crippen LogP) is 3.67. The number of fused-ring (bicyclic) bond motifs is 1. The van der Waals surface area contributed by atoms with Gasteiger partial charge >= 0.3 is 0 Å². The highest BCUT2D eigenvalue weighted by Crippen LogP contribution is 2.25. The fraction of sp³-hybridized carbons (Fsp3) is 0.346. The van der Waals surface area contributed by atoms with Crippen LogP contribution in [0.3, 0.4) is 0 Å². The first kappa shape index (κ1) is 24.1. The van der Waals surface area contributed by atoms with Gasteiger partial charge < -0.3 is 16.4 Å². The summed E-state index contributed by atoms with van der Waals surface area (Å²) in [6, 6.07) is 10.0. The van der Waals surface area contributed by atoms with Gasteiger partial charge in [0.05, 0.1) is 16.8 Å². The van der Waals surface area contributed by atoms with Gasteiger partial charge in [-0.2, -0.15) is 5.10 Å². The molecule has 1 aliphatic heterocycles. The molecular weight excluding hydrogens is 440 g/mol. The topological polar surface area (TPSA) is 123 Å². The summed E-state index contributed by atoms with van der Waals surface area (Å²) in [5.74, 6) is 1.23. The third-order valence-electron chi connectivity index (χ3n) is 5.70. The molecule has 0 spiro atoms. The van der Waals surface area contributed by atoms with E-state index in [9.17, 15) is 4.79 Å². The number of aryl methyl sites for hydroxylation is 3. The van der Waals surface area contributed by atoms with E-state index in [4.69, 9.17) is 5.73 Å². The van der Waals surface area contributed by atoms with Crippen LogP contribution in [0.15, 0.2) is 53.4 Å². The highest BCUT2D eigenvalue weighted by molar-refractivity contribution is 6.12. The van der Waals surface area contributed by atoms with Gasteiger partial charge in [0.2, 0.25) is 0 Å². The van der Waals surface area contributed by atoms with Gasteiger partial charge in [0.15, 0.2) is 5.82 Å². The van der Waals surface area contributed by atoms with Crippen molar-refractivity contribution in [1.82, 2.24) is 25.1 Å². The molecule has 1 aliphatic rings. The number of aliphatic imine (C=N–C) groups is 1. The highest BCUT2D eigenvalue weighted by atomic mass is 16.1. The van der Waals surface area contributed by atoms with E-state index >= 15 is 0 Å². The minimum Gasteiger partial charge on any atom is -0.404 e. The van der Waals surface area contributed by atoms with E-state index in [0.717, 1.165) is 47.6 Å². The van der Waals surface area contributed by atoms with Crippen LogP contribution in [0.1, 0.15) is 44.0 Å². The molecule has 0 aliphatic carbocycles. The summed E-state index contributed by atoms with van der Waals surface area (Å²) in [6.07, 6.45) is 6.55. The number of aromatic nitrogens is 4. The summed E-state index contributed by atoms with van der Waals surface area (Å²) < 4.78 is 2.04. The van der Waals surface area contributed by atoms with Crippen molar-refractivity contribution in [2.45, 2.75) is 59.2 Å². The molecule has 3 aromatic rings. The maximum atomic E-state index is 12.5. The van der Waals surface area contributed by atoms with Gasteiger partial charge in [-0.05, 0) is 57.7 Å².